The molecule has 0 amide bonds. The molecule has 18 heavy (non-hydrogen) atoms. The van der Waals surface area contributed by atoms with E-state index < -0.39 is 0 Å². The molecule has 1 N–H and O–H groups in total. The van der Waals surface area contributed by atoms with Gasteiger partial charge in [-0.3, -0.25) is 0 Å². The summed E-state index contributed by atoms with van der Waals surface area (Å²) < 4.78 is 11.0. The Balaban J connectivity index is 1.86. The molecule has 2 aromatic rings. The predicted octanol–water partition coefficient (Wildman–Crippen LogP) is 3.19. The number of ether oxygens (including phenoxy) is 1. The molecule has 0 spiro atoms. The minimum absolute atomic E-state index is 0.396. The molecule has 0 saturated heterocycles. The van der Waals surface area contributed by atoms with Gasteiger partial charge in [0, 0.05) is 0 Å². The monoisotopic (exact) mass is 245 g/mol. The zero-order chi connectivity index (χ0) is 12.8. The quantitative estimate of drug-likeness (QED) is 0.500. The van der Waals surface area contributed by atoms with Gasteiger partial charge in [-0.05, 0) is 24.6 Å². The van der Waals surface area contributed by atoms with E-state index in [0.29, 0.717) is 30.4 Å². The van der Waals surface area contributed by atoms with Crippen molar-refractivity contribution in [2.75, 3.05) is 0 Å². The molecule has 1 aromatic carbocycles. The zero-order valence-corrected chi connectivity index (χ0v) is 10.2. The van der Waals surface area contributed by atoms with Crippen molar-refractivity contribution in [2.24, 2.45) is 5.16 Å². The zero-order valence-electron chi connectivity index (χ0n) is 10.2. The maximum Gasteiger partial charge on any atom is 0.151 e. The summed E-state index contributed by atoms with van der Waals surface area (Å²) in [5.74, 6) is 1.26. The van der Waals surface area contributed by atoms with Crippen molar-refractivity contribution in [3.63, 3.8) is 0 Å². The Hall–Kier alpha value is -2.07. The third kappa shape index (κ3) is 3.21. The van der Waals surface area contributed by atoms with Gasteiger partial charge in [-0.25, -0.2) is 0 Å². The van der Waals surface area contributed by atoms with Gasteiger partial charge in [0.15, 0.2) is 5.76 Å². The van der Waals surface area contributed by atoms with Gasteiger partial charge >= 0.3 is 0 Å². The van der Waals surface area contributed by atoms with Gasteiger partial charge in [0.25, 0.3) is 0 Å². The van der Waals surface area contributed by atoms with Crippen LogP contribution in [0.4, 0.5) is 0 Å². The number of furan rings is 1. The SMILES string of the molecule is C/C(=N\O)c1ccc(COCc2ccccc2)o1. The Labute approximate surface area is 105 Å². The average Bonchev–Trinajstić information content (AvgIpc) is 2.88. The molecule has 0 aliphatic rings. The average molecular weight is 245 g/mol. The van der Waals surface area contributed by atoms with Crippen LogP contribution in [0.2, 0.25) is 0 Å². The highest BCUT2D eigenvalue weighted by atomic mass is 16.5. The minimum atomic E-state index is 0.396. The topological polar surface area (TPSA) is 55.0 Å². The van der Waals surface area contributed by atoms with Gasteiger partial charge in [0.05, 0.1) is 6.61 Å². The number of benzene rings is 1. The number of nitrogens with zero attached hydrogens (tertiary/aromatic N) is 1. The Morgan fingerprint density at radius 2 is 1.94 bits per heavy atom. The van der Waals surface area contributed by atoms with Crippen molar-refractivity contribution in [1.82, 2.24) is 0 Å². The van der Waals surface area contributed by atoms with Crippen molar-refractivity contribution < 1.29 is 14.4 Å². The number of hydrogen-bond donors (Lipinski definition) is 1. The van der Waals surface area contributed by atoms with E-state index in [-0.39, 0.29) is 0 Å². The molecule has 4 heteroatoms. The van der Waals surface area contributed by atoms with Gasteiger partial charge in [-0.15, -0.1) is 0 Å². The van der Waals surface area contributed by atoms with E-state index in [1.165, 1.54) is 0 Å². The molecular formula is C14H15NO3. The van der Waals surface area contributed by atoms with Gasteiger partial charge < -0.3 is 14.4 Å². The van der Waals surface area contributed by atoms with E-state index in [9.17, 15) is 0 Å². The fraction of sp³-hybridized carbons (Fsp3) is 0.214. The van der Waals surface area contributed by atoms with E-state index in [1.54, 1.807) is 13.0 Å². The highest BCUT2D eigenvalue weighted by Gasteiger charge is 2.05. The summed E-state index contributed by atoms with van der Waals surface area (Å²) in [4.78, 5) is 0. The number of rotatable bonds is 5. The largest absolute Gasteiger partial charge is 0.457 e. The molecule has 1 aromatic heterocycles. The second-order valence-electron chi connectivity index (χ2n) is 3.93. The summed E-state index contributed by atoms with van der Waals surface area (Å²) in [6.45, 7) is 2.62. The van der Waals surface area contributed by atoms with E-state index in [4.69, 9.17) is 14.4 Å². The Morgan fingerprint density at radius 1 is 1.17 bits per heavy atom. The molecule has 4 nitrogen and oxygen atoms in total. The number of hydrogen-bond acceptors (Lipinski definition) is 4. The summed E-state index contributed by atoms with van der Waals surface area (Å²) >= 11 is 0. The molecule has 0 aliphatic carbocycles. The molecule has 0 radical (unpaired) electrons. The second kappa shape index (κ2) is 6.02. The molecule has 1 heterocycles. The van der Waals surface area contributed by atoms with Crippen LogP contribution in [0.1, 0.15) is 24.0 Å². The molecule has 0 bridgehead atoms. The van der Waals surface area contributed by atoms with Crippen molar-refractivity contribution >= 4 is 5.71 Å². The lowest BCUT2D eigenvalue weighted by Crippen LogP contribution is -1.93. The van der Waals surface area contributed by atoms with E-state index >= 15 is 0 Å². The van der Waals surface area contributed by atoms with Crippen LogP contribution in [-0.2, 0) is 18.0 Å². The maximum absolute atomic E-state index is 8.62. The normalized spacial score (nSPS) is 11.7. The molecule has 0 fully saturated rings. The first kappa shape index (κ1) is 12.4. The first-order chi connectivity index (χ1) is 8.79. The van der Waals surface area contributed by atoms with Crippen LogP contribution >= 0.6 is 0 Å². The smallest absolute Gasteiger partial charge is 0.151 e. The van der Waals surface area contributed by atoms with E-state index in [2.05, 4.69) is 5.16 Å². The molecule has 2 rings (SSSR count). The van der Waals surface area contributed by atoms with Crippen molar-refractivity contribution in [3.05, 3.63) is 59.5 Å². The standard InChI is InChI=1S/C14H15NO3/c1-11(15-16)14-8-7-13(18-14)10-17-9-12-5-3-2-4-6-12/h2-8,16H,9-10H2,1H3/b15-11+. The first-order valence-electron chi connectivity index (χ1n) is 5.69. The lowest BCUT2D eigenvalue weighted by Gasteiger charge is -2.02. The van der Waals surface area contributed by atoms with Gasteiger partial charge in [0.2, 0.25) is 0 Å². The fourth-order valence-corrected chi connectivity index (χ4v) is 1.54. The molecule has 0 saturated carbocycles. The molecular weight excluding hydrogens is 230 g/mol. The summed E-state index contributed by atoms with van der Waals surface area (Å²) in [7, 11) is 0. The van der Waals surface area contributed by atoms with Crippen LogP contribution in [0.3, 0.4) is 0 Å². The summed E-state index contributed by atoms with van der Waals surface area (Å²) in [6.07, 6.45) is 0. The van der Waals surface area contributed by atoms with Crippen LogP contribution < -0.4 is 0 Å². The van der Waals surface area contributed by atoms with Crippen LogP contribution in [-0.4, -0.2) is 10.9 Å². The van der Waals surface area contributed by atoms with Gasteiger partial charge in [-0.2, -0.15) is 0 Å². The Morgan fingerprint density at radius 3 is 2.67 bits per heavy atom. The Kier molecular flexibility index (Phi) is 4.15. The lowest BCUT2D eigenvalue weighted by atomic mass is 10.2. The third-order valence-electron chi connectivity index (χ3n) is 2.52. The highest BCUT2D eigenvalue weighted by molar-refractivity contribution is 5.95. The van der Waals surface area contributed by atoms with E-state index in [0.717, 1.165) is 5.56 Å². The molecule has 0 aliphatic heterocycles. The molecule has 94 valence electrons. The van der Waals surface area contributed by atoms with Crippen molar-refractivity contribution in [3.8, 4) is 0 Å². The molecule has 0 atom stereocenters. The van der Waals surface area contributed by atoms with Crippen molar-refractivity contribution in [2.45, 2.75) is 20.1 Å². The van der Waals surface area contributed by atoms with Crippen LogP contribution in [0, 0.1) is 0 Å². The fourth-order valence-electron chi connectivity index (χ4n) is 1.54. The summed E-state index contributed by atoms with van der Waals surface area (Å²) in [5.41, 5.74) is 1.57. The summed E-state index contributed by atoms with van der Waals surface area (Å²) in [6, 6.07) is 13.5. The predicted molar refractivity (Wildman–Crippen MR) is 67.6 cm³/mol. The van der Waals surface area contributed by atoms with Crippen molar-refractivity contribution in [1.29, 1.82) is 0 Å². The third-order valence-corrected chi connectivity index (χ3v) is 2.52. The first-order valence-corrected chi connectivity index (χ1v) is 5.69. The van der Waals surface area contributed by atoms with Crippen LogP contribution in [0.5, 0.6) is 0 Å². The summed E-state index contributed by atoms with van der Waals surface area (Å²) in [5, 5.41) is 11.7. The number of oxime groups is 1. The Bertz CT molecular complexity index is 517. The van der Waals surface area contributed by atoms with Crippen LogP contribution in [0.15, 0.2) is 52.0 Å². The minimum Gasteiger partial charge on any atom is -0.457 e. The molecule has 0 unspecified atom stereocenters. The second-order valence-corrected chi connectivity index (χ2v) is 3.93. The van der Waals surface area contributed by atoms with Crippen LogP contribution in [0.25, 0.3) is 0 Å². The lowest BCUT2D eigenvalue weighted by molar-refractivity contribution is 0.0927. The van der Waals surface area contributed by atoms with Gasteiger partial charge in [-0.1, -0.05) is 35.5 Å². The van der Waals surface area contributed by atoms with Gasteiger partial charge in [0.1, 0.15) is 18.1 Å². The highest BCUT2D eigenvalue weighted by Crippen LogP contribution is 2.11. The van der Waals surface area contributed by atoms with E-state index in [1.807, 2.05) is 36.4 Å². The maximum atomic E-state index is 8.62.